The Balaban J connectivity index is 1.95. The summed E-state index contributed by atoms with van der Waals surface area (Å²) in [6.07, 6.45) is 6.35. The van der Waals surface area contributed by atoms with Crippen LogP contribution in [0.3, 0.4) is 0 Å². The van der Waals surface area contributed by atoms with Crippen LogP contribution in [0.4, 0.5) is 8.78 Å². The second kappa shape index (κ2) is 7.53. The molecule has 1 N–H and O–H groups in total. The third kappa shape index (κ3) is 4.38. The fraction of sp³-hybridized carbons (Fsp3) is 1.00. The predicted molar refractivity (Wildman–Crippen MR) is 74.6 cm³/mol. The molecular formula is C15H28F2N2. The summed E-state index contributed by atoms with van der Waals surface area (Å²) in [6, 6.07) is 0.742. The maximum absolute atomic E-state index is 12.8. The molecule has 2 rings (SSSR count). The van der Waals surface area contributed by atoms with Crippen molar-refractivity contribution >= 4 is 0 Å². The fourth-order valence-electron chi connectivity index (χ4n) is 3.81. The van der Waals surface area contributed by atoms with Gasteiger partial charge in [0.1, 0.15) is 0 Å². The van der Waals surface area contributed by atoms with Gasteiger partial charge < -0.3 is 5.32 Å². The number of hydrogen-bond acceptors (Lipinski definition) is 2. The zero-order valence-corrected chi connectivity index (χ0v) is 12.1. The molecule has 1 saturated heterocycles. The van der Waals surface area contributed by atoms with Gasteiger partial charge in [-0.15, -0.1) is 0 Å². The first-order valence-corrected chi connectivity index (χ1v) is 7.96. The molecule has 0 radical (unpaired) electrons. The van der Waals surface area contributed by atoms with Crippen LogP contribution in [0.1, 0.15) is 51.9 Å². The highest BCUT2D eigenvalue weighted by molar-refractivity contribution is 4.91. The van der Waals surface area contributed by atoms with Crippen LogP contribution in [-0.2, 0) is 0 Å². The van der Waals surface area contributed by atoms with E-state index in [1.54, 1.807) is 0 Å². The summed E-state index contributed by atoms with van der Waals surface area (Å²) in [5.74, 6) is 0.627. The minimum Gasteiger partial charge on any atom is -0.311 e. The normalized spacial score (nSPS) is 30.9. The second-order valence-corrected chi connectivity index (χ2v) is 6.20. The van der Waals surface area contributed by atoms with E-state index in [0.29, 0.717) is 18.0 Å². The number of alkyl halides is 2. The average Bonchev–Trinajstić information content (AvgIpc) is 2.40. The Morgan fingerprint density at radius 3 is 2.58 bits per heavy atom. The van der Waals surface area contributed by atoms with Crippen molar-refractivity contribution in [2.75, 3.05) is 19.6 Å². The average molecular weight is 274 g/mol. The minimum absolute atomic E-state index is 0.0386. The largest absolute Gasteiger partial charge is 0.311 e. The number of rotatable bonds is 5. The monoisotopic (exact) mass is 274 g/mol. The molecule has 4 heteroatoms. The molecule has 19 heavy (non-hydrogen) atoms. The Bertz CT molecular complexity index is 255. The summed E-state index contributed by atoms with van der Waals surface area (Å²) in [5, 5.41) is 3.58. The van der Waals surface area contributed by atoms with E-state index in [1.165, 1.54) is 32.1 Å². The Morgan fingerprint density at radius 2 is 1.95 bits per heavy atom. The van der Waals surface area contributed by atoms with Gasteiger partial charge in [0.15, 0.2) is 0 Å². The van der Waals surface area contributed by atoms with Crippen molar-refractivity contribution in [3.05, 3.63) is 0 Å². The van der Waals surface area contributed by atoms with Gasteiger partial charge in [0, 0.05) is 25.2 Å². The van der Waals surface area contributed by atoms with Crippen molar-refractivity contribution in [1.29, 1.82) is 0 Å². The molecule has 2 aliphatic rings. The van der Waals surface area contributed by atoms with Gasteiger partial charge in [0.2, 0.25) is 0 Å². The zero-order valence-electron chi connectivity index (χ0n) is 12.1. The van der Waals surface area contributed by atoms with Crippen LogP contribution in [0.2, 0.25) is 0 Å². The van der Waals surface area contributed by atoms with E-state index in [0.717, 1.165) is 25.9 Å². The minimum atomic E-state index is -2.20. The van der Waals surface area contributed by atoms with Crippen LogP contribution < -0.4 is 5.32 Å². The van der Waals surface area contributed by atoms with Crippen molar-refractivity contribution in [1.82, 2.24) is 10.2 Å². The first-order valence-electron chi connectivity index (χ1n) is 7.96. The topological polar surface area (TPSA) is 15.3 Å². The van der Waals surface area contributed by atoms with Crippen molar-refractivity contribution in [3.63, 3.8) is 0 Å². The molecule has 2 atom stereocenters. The van der Waals surface area contributed by atoms with Crippen LogP contribution in [-0.4, -0.2) is 43.0 Å². The molecule has 0 amide bonds. The lowest BCUT2D eigenvalue weighted by Crippen LogP contribution is -2.59. The summed E-state index contributed by atoms with van der Waals surface area (Å²) in [7, 11) is 0. The number of piperazine rings is 1. The van der Waals surface area contributed by atoms with Crippen LogP contribution in [0, 0.1) is 5.92 Å². The number of nitrogens with zero attached hydrogens (tertiary/aromatic N) is 1. The molecule has 2 nitrogen and oxygen atoms in total. The van der Waals surface area contributed by atoms with E-state index in [2.05, 4.69) is 17.1 Å². The first-order chi connectivity index (χ1) is 9.20. The van der Waals surface area contributed by atoms with Crippen molar-refractivity contribution < 1.29 is 8.78 Å². The lowest BCUT2D eigenvalue weighted by Gasteiger charge is -2.45. The lowest BCUT2D eigenvalue weighted by molar-refractivity contribution is 0.0150. The van der Waals surface area contributed by atoms with E-state index >= 15 is 0 Å². The SMILES string of the molecule is CCCC1CN(CC(F)F)C(C2CCCCC2)CN1. The van der Waals surface area contributed by atoms with Gasteiger partial charge >= 0.3 is 0 Å². The molecule has 1 heterocycles. The molecule has 1 aliphatic heterocycles. The second-order valence-electron chi connectivity index (χ2n) is 6.20. The molecule has 2 fully saturated rings. The molecule has 0 bridgehead atoms. The number of hydrogen-bond donors (Lipinski definition) is 1. The molecule has 1 aliphatic carbocycles. The van der Waals surface area contributed by atoms with Crippen LogP contribution >= 0.6 is 0 Å². The van der Waals surface area contributed by atoms with Gasteiger partial charge in [-0.1, -0.05) is 32.6 Å². The molecule has 0 aromatic rings. The van der Waals surface area contributed by atoms with Gasteiger partial charge in [0.25, 0.3) is 6.43 Å². The Morgan fingerprint density at radius 1 is 1.21 bits per heavy atom. The smallest absolute Gasteiger partial charge is 0.251 e. The third-order valence-electron chi connectivity index (χ3n) is 4.74. The molecular weight excluding hydrogens is 246 g/mol. The van der Waals surface area contributed by atoms with Gasteiger partial charge in [-0.25, -0.2) is 8.78 Å². The standard InChI is InChI=1S/C15H28F2N2/c1-2-6-13-10-19(11-15(16)17)14(9-18-13)12-7-4-3-5-8-12/h12-15,18H,2-11H2,1H3. The fourth-order valence-corrected chi connectivity index (χ4v) is 3.81. The lowest BCUT2D eigenvalue weighted by atomic mass is 9.82. The third-order valence-corrected chi connectivity index (χ3v) is 4.74. The van der Waals surface area contributed by atoms with E-state index in [1.807, 2.05) is 0 Å². The van der Waals surface area contributed by atoms with Crippen LogP contribution in [0.25, 0.3) is 0 Å². The summed E-state index contributed by atoms with van der Waals surface area (Å²) in [4.78, 5) is 2.08. The Kier molecular flexibility index (Phi) is 6.02. The highest BCUT2D eigenvalue weighted by Crippen LogP contribution is 2.30. The molecule has 0 aromatic heterocycles. The Hall–Kier alpha value is -0.220. The van der Waals surface area contributed by atoms with E-state index in [-0.39, 0.29) is 6.54 Å². The molecule has 1 saturated carbocycles. The molecule has 112 valence electrons. The summed E-state index contributed by atoms with van der Waals surface area (Å²) in [5.41, 5.74) is 0. The molecule has 0 aromatic carbocycles. The summed E-state index contributed by atoms with van der Waals surface area (Å²) < 4.78 is 25.6. The Labute approximate surface area is 115 Å². The van der Waals surface area contributed by atoms with E-state index < -0.39 is 6.43 Å². The zero-order chi connectivity index (χ0) is 13.7. The van der Waals surface area contributed by atoms with Gasteiger partial charge in [0.05, 0.1) is 6.54 Å². The van der Waals surface area contributed by atoms with Gasteiger partial charge in [-0.2, -0.15) is 0 Å². The van der Waals surface area contributed by atoms with Crippen molar-refractivity contribution in [2.24, 2.45) is 5.92 Å². The number of halogens is 2. The first kappa shape index (κ1) is 15.2. The van der Waals surface area contributed by atoms with E-state index in [9.17, 15) is 8.78 Å². The van der Waals surface area contributed by atoms with Gasteiger partial charge in [-0.05, 0) is 25.2 Å². The maximum atomic E-state index is 12.8. The number of nitrogens with one attached hydrogen (secondary N) is 1. The molecule has 2 unspecified atom stereocenters. The van der Waals surface area contributed by atoms with Crippen LogP contribution in [0.5, 0.6) is 0 Å². The maximum Gasteiger partial charge on any atom is 0.251 e. The predicted octanol–water partition coefficient (Wildman–Crippen LogP) is 3.27. The van der Waals surface area contributed by atoms with Crippen LogP contribution in [0.15, 0.2) is 0 Å². The summed E-state index contributed by atoms with van der Waals surface area (Å²) >= 11 is 0. The quantitative estimate of drug-likeness (QED) is 0.827. The summed E-state index contributed by atoms with van der Waals surface area (Å²) in [6.45, 7) is 3.83. The van der Waals surface area contributed by atoms with Gasteiger partial charge in [-0.3, -0.25) is 4.90 Å². The highest BCUT2D eigenvalue weighted by Gasteiger charge is 2.34. The highest BCUT2D eigenvalue weighted by atomic mass is 19.3. The van der Waals surface area contributed by atoms with E-state index in [4.69, 9.17) is 0 Å². The molecule has 0 spiro atoms. The van der Waals surface area contributed by atoms with Crippen molar-refractivity contribution in [3.8, 4) is 0 Å². The van der Waals surface area contributed by atoms with Crippen molar-refractivity contribution in [2.45, 2.75) is 70.4 Å².